The predicted molar refractivity (Wildman–Crippen MR) is 143 cm³/mol. The summed E-state index contributed by atoms with van der Waals surface area (Å²) in [5.41, 5.74) is 8.73. The van der Waals surface area contributed by atoms with Gasteiger partial charge in [0.2, 0.25) is 0 Å². The number of hydrogen-bond acceptors (Lipinski definition) is 0. The van der Waals surface area contributed by atoms with Crippen LogP contribution in [-0.4, -0.2) is 16.2 Å². The molecule has 31 heavy (non-hydrogen) atoms. The summed E-state index contributed by atoms with van der Waals surface area (Å²) in [7, 11) is 0. The van der Waals surface area contributed by atoms with Crippen LogP contribution in [0.5, 0.6) is 0 Å². The van der Waals surface area contributed by atoms with Gasteiger partial charge in [0.15, 0.2) is 0 Å². The molecule has 1 aromatic rings. The standard InChI is InChI=1S/C18H29.C12H20.Ga/c1-16(2,3)13-10-14(17(4,5)6)12-15(11-13)18(7,8)9;1-5-9-11(7-3)12(8-4)10-6-2;/h10-11H,1-9H3;5-8H2,1-4H3;. The van der Waals surface area contributed by atoms with E-state index in [1.807, 2.05) is 12.4 Å². The van der Waals surface area contributed by atoms with Crippen LogP contribution in [0.3, 0.4) is 0 Å². The number of hydrogen-bond donors (Lipinski definition) is 0. The molecule has 1 aromatic carbocycles. The quantitative estimate of drug-likeness (QED) is 0.371. The summed E-state index contributed by atoms with van der Waals surface area (Å²) in [6.07, 6.45) is 4.87. The summed E-state index contributed by atoms with van der Waals surface area (Å²) in [5, 5.41) is 0. The second-order valence-corrected chi connectivity index (χ2v) is 18.5. The Balaban J connectivity index is 3.08. The number of benzene rings is 1. The Hall–Kier alpha value is -0.664. The van der Waals surface area contributed by atoms with Crippen LogP contribution in [0.15, 0.2) is 31.5 Å². The molecule has 0 spiro atoms. The SMILES string of the molecule is CCC1=[C](CC)[Ga]([c]2c(C(C)(C)C)cc(C(C)(C)C)cc2C(C)(C)C)[C](CC)=C1CC. The molecule has 0 aromatic heterocycles. The first-order chi connectivity index (χ1) is 14.1. The molecule has 0 fully saturated rings. The van der Waals surface area contributed by atoms with Gasteiger partial charge in [0, 0.05) is 0 Å². The Morgan fingerprint density at radius 3 is 1.13 bits per heavy atom. The molecule has 1 aliphatic rings. The van der Waals surface area contributed by atoms with Gasteiger partial charge in [0.05, 0.1) is 0 Å². The van der Waals surface area contributed by atoms with Crippen molar-refractivity contribution in [3.05, 3.63) is 48.2 Å². The fourth-order valence-corrected chi connectivity index (χ4v) is 16.2. The van der Waals surface area contributed by atoms with Crippen molar-refractivity contribution in [1.29, 1.82) is 0 Å². The molecule has 0 atom stereocenters. The normalized spacial score (nSPS) is 16.1. The van der Waals surface area contributed by atoms with Gasteiger partial charge in [-0.1, -0.05) is 0 Å². The van der Waals surface area contributed by atoms with Gasteiger partial charge in [-0.2, -0.15) is 0 Å². The molecular weight excluding hydrogens is 430 g/mol. The maximum atomic E-state index is 2.60. The fourth-order valence-electron chi connectivity index (χ4n) is 5.65. The molecule has 0 nitrogen and oxygen atoms in total. The maximum absolute atomic E-state index is 2.60. The van der Waals surface area contributed by atoms with E-state index in [0.717, 1.165) is 0 Å². The molecule has 1 heteroatoms. The van der Waals surface area contributed by atoms with Gasteiger partial charge < -0.3 is 0 Å². The Morgan fingerprint density at radius 2 is 0.903 bits per heavy atom. The molecule has 0 saturated heterocycles. The summed E-state index contributed by atoms with van der Waals surface area (Å²) < 4.78 is 5.56. The van der Waals surface area contributed by atoms with E-state index < -0.39 is 16.2 Å². The predicted octanol–water partition coefficient (Wildman–Crippen LogP) is 8.61. The van der Waals surface area contributed by atoms with Crippen LogP contribution in [0.4, 0.5) is 0 Å². The van der Waals surface area contributed by atoms with Crippen LogP contribution in [0.25, 0.3) is 0 Å². The monoisotopic (exact) mass is 478 g/mol. The minimum atomic E-state index is -2.07. The van der Waals surface area contributed by atoms with Crippen molar-refractivity contribution in [2.75, 3.05) is 0 Å². The van der Waals surface area contributed by atoms with E-state index in [1.54, 1.807) is 22.3 Å². The van der Waals surface area contributed by atoms with E-state index in [4.69, 9.17) is 0 Å². The summed E-state index contributed by atoms with van der Waals surface area (Å²) >= 11 is -2.07. The summed E-state index contributed by atoms with van der Waals surface area (Å²) in [5.74, 6) is 0. The average Bonchev–Trinajstić information content (AvgIpc) is 2.96. The number of rotatable bonds is 5. The van der Waals surface area contributed by atoms with Crippen LogP contribution >= 0.6 is 0 Å². The molecule has 0 aliphatic carbocycles. The zero-order chi connectivity index (χ0) is 23.9. The Kier molecular flexibility index (Phi) is 7.97. The molecular formula is C30H49Ga. The Labute approximate surface area is 200 Å². The average molecular weight is 479 g/mol. The third-order valence-electron chi connectivity index (χ3n) is 7.26. The molecule has 0 radical (unpaired) electrons. The van der Waals surface area contributed by atoms with Crippen molar-refractivity contribution >= 4 is 20.3 Å². The molecule has 0 saturated carbocycles. The first-order valence-corrected chi connectivity index (χ1v) is 16.4. The third kappa shape index (κ3) is 5.14. The van der Waals surface area contributed by atoms with Crippen LogP contribution < -0.4 is 4.12 Å². The van der Waals surface area contributed by atoms with Crippen molar-refractivity contribution in [3.8, 4) is 0 Å². The van der Waals surface area contributed by atoms with E-state index in [9.17, 15) is 0 Å². The molecule has 1 aliphatic heterocycles. The van der Waals surface area contributed by atoms with E-state index in [0.29, 0.717) is 0 Å². The molecule has 0 bridgehead atoms. The molecule has 172 valence electrons. The topological polar surface area (TPSA) is 0 Å². The van der Waals surface area contributed by atoms with Crippen molar-refractivity contribution in [1.82, 2.24) is 0 Å². The first-order valence-electron chi connectivity index (χ1n) is 12.8. The summed E-state index contributed by atoms with van der Waals surface area (Å²) in [6.45, 7) is 31.4. The van der Waals surface area contributed by atoms with Gasteiger partial charge in [-0.3, -0.25) is 0 Å². The van der Waals surface area contributed by atoms with E-state index in [1.165, 1.54) is 31.2 Å². The number of allylic oxidation sites excluding steroid dienone is 4. The second-order valence-electron chi connectivity index (χ2n) is 12.6. The van der Waals surface area contributed by atoms with Gasteiger partial charge in [0.25, 0.3) is 0 Å². The van der Waals surface area contributed by atoms with Gasteiger partial charge in [0.1, 0.15) is 0 Å². The van der Waals surface area contributed by atoms with Crippen LogP contribution in [-0.2, 0) is 16.2 Å². The minimum absolute atomic E-state index is 0.154. The molecule has 0 amide bonds. The van der Waals surface area contributed by atoms with Crippen LogP contribution in [0.2, 0.25) is 0 Å². The summed E-state index contributed by atoms with van der Waals surface area (Å²) in [4.78, 5) is 0. The fraction of sp³-hybridized carbons (Fsp3) is 0.667. The zero-order valence-electron chi connectivity index (χ0n) is 23.1. The van der Waals surface area contributed by atoms with E-state index in [-0.39, 0.29) is 16.2 Å². The van der Waals surface area contributed by atoms with Crippen molar-refractivity contribution in [3.63, 3.8) is 0 Å². The molecule has 0 unspecified atom stereocenters. The Bertz CT molecular complexity index is 809. The van der Waals surface area contributed by atoms with E-state index in [2.05, 4.69) is 102 Å². The van der Waals surface area contributed by atoms with Crippen LogP contribution in [0, 0.1) is 0 Å². The zero-order valence-corrected chi connectivity index (χ0v) is 25.5. The van der Waals surface area contributed by atoms with Gasteiger partial charge in [-0.05, 0) is 0 Å². The van der Waals surface area contributed by atoms with Crippen molar-refractivity contribution < 1.29 is 0 Å². The van der Waals surface area contributed by atoms with Gasteiger partial charge in [-0.15, -0.1) is 0 Å². The second kappa shape index (κ2) is 9.30. The summed E-state index contributed by atoms with van der Waals surface area (Å²) in [6, 6.07) is 5.21. The van der Waals surface area contributed by atoms with Crippen molar-refractivity contribution in [2.24, 2.45) is 0 Å². The van der Waals surface area contributed by atoms with Crippen molar-refractivity contribution in [2.45, 2.75) is 132 Å². The van der Waals surface area contributed by atoms with Gasteiger partial charge in [-0.25, -0.2) is 0 Å². The molecule has 2 rings (SSSR count). The molecule has 0 N–H and O–H groups in total. The van der Waals surface area contributed by atoms with Crippen LogP contribution in [0.1, 0.15) is 132 Å². The first kappa shape index (κ1) is 26.6. The van der Waals surface area contributed by atoms with E-state index >= 15 is 0 Å². The molecule has 1 heterocycles. The third-order valence-corrected chi connectivity index (χ3v) is 15.9. The Morgan fingerprint density at radius 1 is 0.548 bits per heavy atom. The van der Waals surface area contributed by atoms with Gasteiger partial charge >= 0.3 is 200 Å².